The summed E-state index contributed by atoms with van der Waals surface area (Å²) in [5, 5.41) is 15.1. The van der Waals surface area contributed by atoms with Crippen LogP contribution in [0.25, 0.3) is 5.69 Å². The van der Waals surface area contributed by atoms with E-state index in [-0.39, 0.29) is 11.2 Å². The molecular weight excluding hydrogens is 402 g/mol. The monoisotopic (exact) mass is 427 g/mol. The maximum atomic E-state index is 12.5. The Labute approximate surface area is 180 Å². The molecule has 8 nitrogen and oxygen atoms in total. The fraction of sp³-hybridized carbons (Fsp3) is 0.333. The van der Waals surface area contributed by atoms with Crippen molar-refractivity contribution in [1.29, 1.82) is 0 Å². The van der Waals surface area contributed by atoms with Gasteiger partial charge in [-0.1, -0.05) is 36.0 Å². The number of amides is 1. The number of tetrazole rings is 1. The summed E-state index contributed by atoms with van der Waals surface area (Å²) in [6.45, 7) is 4.84. The number of nitrogens with one attached hydrogen (secondary N) is 1. The van der Waals surface area contributed by atoms with Crippen molar-refractivity contribution in [3.63, 3.8) is 0 Å². The zero-order valence-corrected chi connectivity index (χ0v) is 18.1. The van der Waals surface area contributed by atoms with Crippen molar-refractivity contribution in [2.75, 3.05) is 20.3 Å². The van der Waals surface area contributed by atoms with Gasteiger partial charge in [0.1, 0.15) is 17.2 Å². The minimum atomic E-state index is -0.357. The predicted molar refractivity (Wildman–Crippen MR) is 115 cm³/mol. The Morgan fingerprint density at radius 1 is 1.20 bits per heavy atom. The van der Waals surface area contributed by atoms with Crippen molar-refractivity contribution in [1.82, 2.24) is 25.5 Å². The number of thioether (sulfide) groups is 1. The zero-order valence-electron chi connectivity index (χ0n) is 17.2. The maximum absolute atomic E-state index is 12.5. The van der Waals surface area contributed by atoms with Crippen LogP contribution in [0.15, 0.2) is 53.7 Å². The summed E-state index contributed by atoms with van der Waals surface area (Å²) in [6, 6.07) is 15.3. The molecule has 1 atom stereocenters. The van der Waals surface area contributed by atoms with Gasteiger partial charge < -0.3 is 14.8 Å². The van der Waals surface area contributed by atoms with Crippen LogP contribution in [0.3, 0.4) is 0 Å². The zero-order chi connectivity index (χ0) is 21.3. The Morgan fingerprint density at radius 2 is 1.97 bits per heavy atom. The summed E-state index contributed by atoms with van der Waals surface area (Å²) in [6.07, 6.45) is 0.743. The van der Waals surface area contributed by atoms with Crippen LogP contribution in [0, 0.1) is 0 Å². The largest absolute Gasteiger partial charge is 0.497 e. The van der Waals surface area contributed by atoms with Crippen molar-refractivity contribution in [3.05, 3.63) is 54.1 Å². The van der Waals surface area contributed by atoms with Crippen LogP contribution in [-0.2, 0) is 11.2 Å². The fourth-order valence-corrected chi connectivity index (χ4v) is 3.62. The molecule has 3 rings (SSSR count). The lowest BCUT2D eigenvalue weighted by Crippen LogP contribution is -2.32. The smallest absolute Gasteiger partial charge is 0.233 e. The summed E-state index contributed by atoms with van der Waals surface area (Å²) in [5.74, 6) is 1.43. The van der Waals surface area contributed by atoms with E-state index in [1.165, 1.54) is 11.8 Å². The van der Waals surface area contributed by atoms with Crippen molar-refractivity contribution in [2.45, 2.75) is 30.7 Å². The van der Waals surface area contributed by atoms with Crippen molar-refractivity contribution in [3.8, 4) is 17.2 Å². The van der Waals surface area contributed by atoms with Crippen molar-refractivity contribution in [2.24, 2.45) is 0 Å². The number of carbonyl (C=O) groups excluding carboxylic acids is 1. The molecule has 0 saturated heterocycles. The predicted octanol–water partition coefficient (Wildman–Crippen LogP) is 2.91. The molecule has 1 N–H and O–H groups in total. The average molecular weight is 428 g/mol. The number of aromatic nitrogens is 4. The molecule has 158 valence electrons. The van der Waals surface area contributed by atoms with E-state index in [0.717, 1.165) is 23.4 Å². The van der Waals surface area contributed by atoms with Gasteiger partial charge in [0, 0.05) is 6.54 Å². The lowest BCUT2D eigenvalue weighted by atomic mass is 10.1. The minimum Gasteiger partial charge on any atom is -0.497 e. The molecule has 3 aromatic rings. The van der Waals surface area contributed by atoms with E-state index < -0.39 is 0 Å². The Bertz CT molecular complexity index is 961. The lowest BCUT2D eigenvalue weighted by molar-refractivity contribution is -0.120. The molecule has 1 amide bonds. The molecule has 0 spiro atoms. The number of hydrogen-bond acceptors (Lipinski definition) is 7. The first-order chi connectivity index (χ1) is 14.6. The molecule has 1 heterocycles. The normalized spacial score (nSPS) is 11.7. The van der Waals surface area contributed by atoms with Gasteiger partial charge in [-0.25, -0.2) is 0 Å². The highest BCUT2D eigenvalue weighted by Crippen LogP contribution is 2.28. The third kappa shape index (κ3) is 5.50. The highest BCUT2D eigenvalue weighted by molar-refractivity contribution is 8.00. The summed E-state index contributed by atoms with van der Waals surface area (Å²) in [5.41, 5.74) is 1.87. The molecule has 0 fully saturated rings. The second-order valence-electron chi connectivity index (χ2n) is 6.42. The third-order valence-electron chi connectivity index (χ3n) is 4.36. The summed E-state index contributed by atoms with van der Waals surface area (Å²) in [7, 11) is 1.64. The SMILES string of the molecule is CCOc1ccccc1-n1nnnc1SC(C)C(=O)NCCc1ccc(OC)cc1. The minimum absolute atomic E-state index is 0.0684. The second-order valence-corrected chi connectivity index (χ2v) is 7.73. The van der Waals surface area contributed by atoms with E-state index in [2.05, 4.69) is 20.8 Å². The molecule has 0 aliphatic heterocycles. The van der Waals surface area contributed by atoms with Crippen LogP contribution >= 0.6 is 11.8 Å². The van der Waals surface area contributed by atoms with E-state index in [4.69, 9.17) is 9.47 Å². The molecule has 2 aromatic carbocycles. The van der Waals surface area contributed by atoms with E-state index in [1.807, 2.05) is 62.4 Å². The molecular formula is C21H25N5O3S. The average Bonchev–Trinajstić information content (AvgIpc) is 3.22. The number of benzene rings is 2. The highest BCUT2D eigenvalue weighted by Gasteiger charge is 2.20. The number of carbonyl (C=O) groups is 1. The maximum Gasteiger partial charge on any atom is 0.233 e. The second kappa shape index (κ2) is 10.6. The molecule has 30 heavy (non-hydrogen) atoms. The first-order valence-electron chi connectivity index (χ1n) is 9.70. The lowest BCUT2D eigenvalue weighted by Gasteiger charge is -2.13. The van der Waals surface area contributed by atoms with E-state index in [0.29, 0.717) is 24.1 Å². The van der Waals surface area contributed by atoms with Gasteiger partial charge in [0.25, 0.3) is 0 Å². The van der Waals surface area contributed by atoms with Crippen molar-refractivity contribution < 1.29 is 14.3 Å². The standard InChI is InChI=1S/C21H25N5O3S/c1-4-29-19-8-6-5-7-18(19)26-21(23-24-25-26)30-15(2)20(27)22-14-13-16-9-11-17(28-3)12-10-16/h5-12,15H,4,13-14H2,1-3H3,(H,22,27). The van der Waals surface area contributed by atoms with Gasteiger partial charge >= 0.3 is 0 Å². The van der Waals surface area contributed by atoms with Crippen molar-refractivity contribution >= 4 is 17.7 Å². The molecule has 1 unspecified atom stereocenters. The quantitative estimate of drug-likeness (QED) is 0.498. The summed E-state index contributed by atoms with van der Waals surface area (Å²) >= 11 is 1.30. The summed E-state index contributed by atoms with van der Waals surface area (Å²) < 4.78 is 12.4. The van der Waals surface area contributed by atoms with Crippen LogP contribution in [0.1, 0.15) is 19.4 Å². The Balaban J connectivity index is 1.58. The van der Waals surface area contributed by atoms with E-state index >= 15 is 0 Å². The fourth-order valence-electron chi connectivity index (χ4n) is 2.79. The number of para-hydroxylation sites is 2. The first kappa shape index (κ1) is 21.6. The van der Waals surface area contributed by atoms with Crippen LogP contribution in [-0.4, -0.2) is 51.6 Å². The van der Waals surface area contributed by atoms with Gasteiger partial charge in [0.15, 0.2) is 0 Å². The number of ether oxygens (including phenoxy) is 2. The third-order valence-corrected chi connectivity index (χ3v) is 5.39. The van der Waals surface area contributed by atoms with Crippen LogP contribution in [0.5, 0.6) is 11.5 Å². The van der Waals surface area contributed by atoms with Crippen LogP contribution in [0.2, 0.25) is 0 Å². The molecule has 1 aromatic heterocycles. The molecule has 0 aliphatic rings. The number of rotatable bonds is 10. The number of hydrogen-bond donors (Lipinski definition) is 1. The molecule has 9 heteroatoms. The van der Waals surface area contributed by atoms with Gasteiger partial charge in [-0.3, -0.25) is 4.79 Å². The molecule has 0 saturated carbocycles. The van der Waals surface area contributed by atoms with Crippen LogP contribution in [0.4, 0.5) is 0 Å². The van der Waals surface area contributed by atoms with Gasteiger partial charge in [-0.2, -0.15) is 4.68 Å². The number of nitrogens with zero attached hydrogens (tertiary/aromatic N) is 4. The molecule has 0 bridgehead atoms. The summed E-state index contributed by atoms with van der Waals surface area (Å²) in [4.78, 5) is 12.5. The Hall–Kier alpha value is -3.07. The Morgan fingerprint density at radius 3 is 2.70 bits per heavy atom. The molecule has 0 radical (unpaired) electrons. The Kier molecular flexibility index (Phi) is 7.67. The first-order valence-corrected chi connectivity index (χ1v) is 10.6. The highest BCUT2D eigenvalue weighted by atomic mass is 32.2. The number of methoxy groups -OCH3 is 1. The van der Waals surface area contributed by atoms with Gasteiger partial charge in [0.05, 0.1) is 19.0 Å². The van der Waals surface area contributed by atoms with E-state index in [1.54, 1.807) is 11.8 Å². The van der Waals surface area contributed by atoms with Gasteiger partial charge in [-0.15, -0.1) is 5.10 Å². The van der Waals surface area contributed by atoms with Crippen LogP contribution < -0.4 is 14.8 Å². The van der Waals surface area contributed by atoms with Gasteiger partial charge in [0.2, 0.25) is 11.1 Å². The van der Waals surface area contributed by atoms with E-state index in [9.17, 15) is 4.79 Å². The van der Waals surface area contributed by atoms with Gasteiger partial charge in [-0.05, 0) is 60.5 Å². The topological polar surface area (TPSA) is 91.2 Å². The molecule has 0 aliphatic carbocycles.